The molecule has 0 spiro atoms. The van der Waals surface area contributed by atoms with Gasteiger partial charge in [-0.25, -0.2) is 8.78 Å². The Labute approximate surface area is 151 Å². The molecule has 0 bridgehead atoms. The first kappa shape index (κ1) is 19.7. The van der Waals surface area contributed by atoms with Crippen LogP contribution in [-0.2, 0) is 11.3 Å². The molecule has 0 aliphatic heterocycles. The van der Waals surface area contributed by atoms with E-state index in [4.69, 9.17) is 9.47 Å². The Hall–Kier alpha value is -2.67. The zero-order valence-electron chi connectivity index (χ0n) is 15.1. The van der Waals surface area contributed by atoms with Gasteiger partial charge < -0.3 is 19.7 Å². The average molecular weight is 365 g/mol. The summed E-state index contributed by atoms with van der Waals surface area (Å²) in [6.45, 7) is 3.02. The summed E-state index contributed by atoms with van der Waals surface area (Å²) in [5.41, 5.74) is 0.528. The second kappa shape index (κ2) is 9.15. The van der Waals surface area contributed by atoms with Gasteiger partial charge in [0.1, 0.15) is 23.9 Å². The normalized spacial score (nSPS) is 11.7. The van der Waals surface area contributed by atoms with Crippen LogP contribution in [-0.4, -0.2) is 33.2 Å². The van der Waals surface area contributed by atoms with Gasteiger partial charge in [-0.2, -0.15) is 0 Å². The van der Waals surface area contributed by atoms with E-state index in [9.17, 15) is 13.6 Å². The number of para-hydroxylation sites is 1. The van der Waals surface area contributed by atoms with E-state index in [-0.39, 0.29) is 6.54 Å². The first-order chi connectivity index (χ1) is 12.4. The minimum Gasteiger partial charge on any atom is -0.493 e. The fourth-order valence-corrected chi connectivity index (χ4v) is 2.58. The molecular weight excluding hydrogens is 342 g/mol. The van der Waals surface area contributed by atoms with Crippen LogP contribution in [0, 0.1) is 11.6 Å². The number of amides is 1. The summed E-state index contributed by atoms with van der Waals surface area (Å²) >= 11 is 0. The van der Waals surface area contributed by atoms with Gasteiger partial charge >= 0.3 is 0 Å². The predicted octanol–water partition coefficient (Wildman–Crippen LogP) is 2.03. The van der Waals surface area contributed by atoms with E-state index in [1.807, 2.05) is 32.2 Å². The maximum absolute atomic E-state index is 13.6. The van der Waals surface area contributed by atoms with Gasteiger partial charge in [-0.3, -0.25) is 4.79 Å². The number of hydrogen-bond acceptors (Lipinski definition) is 3. The van der Waals surface area contributed by atoms with Crippen molar-refractivity contribution in [3.8, 4) is 11.5 Å². The lowest BCUT2D eigenvalue weighted by atomic mass is 10.2. The number of anilines is 1. The maximum Gasteiger partial charge on any atom is 0.279 e. The summed E-state index contributed by atoms with van der Waals surface area (Å²) in [5, 5.41) is 2.29. The summed E-state index contributed by atoms with van der Waals surface area (Å²) in [4.78, 5) is 12.9. The highest BCUT2D eigenvalue weighted by molar-refractivity contribution is 5.91. The minimum absolute atomic E-state index is 0.0588. The quantitative estimate of drug-likeness (QED) is 0.753. The molecule has 140 valence electrons. The molecule has 2 aromatic rings. The van der Waals surface area contributed by atoms with Gasteiger partial charge in [0, 0.05) is 5.56 Å². The Balaban J connectivity index is 1.97. The van der Waals surface area contributed by atoms with Crippen molar-refractivity contribution >= 4 is 11.6 Å². The third-order valence-electron chi connectivity index (χ3n) is 3.72. The van der Waals surface area contributed by atoms with E-state index in [1.165, 1.54) is 6.07 Å². The van der Waals surface area contributed by atoms with Crippen molar-refractivity contribution in [2.75, 3.05) is 32.6 Å². The molecule has 0 aliphatic carbocycles. The number of rotatable bonds is 8. The van der Waals surface area contributed by atoms with Crippen molar-refractivity contribution in [3.63, 3.8) is 0 Å². The van der Waals surface area contributed by atoms with E-state index in [0.717, 1.165) is 22.6 Å². The number of likely N-dealkylation sites (N-methyl/N-ethyl adjacent to an activating group) is 1. The van der Waals surface area contributed by atoms with E-state index in [0.29, 0.717) is 24.7 Å². The number of benzene rings is 2. The summed E-state index contributed by atoms with van der Waals surface area (Å²) in [6.07, 6.45) is 0. The molecule has 2 aromatic carbocycles. The van der Waals surface area contributed by atoms with Gasteiger partial charge in [0.15, 0.2) is 18.0 Å². The van der Waals surface area contributed by atoms with Crippen molar-refractivity contribution in [2.24, 2.45) is 0 Å². The number of carbonyl (C=O) groups excluding carboxylic acids is 1. The molecule has 26 heavy (non-hydrogen) atoms. The van der Waals surface area contributed by atoms with E-state index in [1.54, 1.807) is 7.11 Å². The maximum atomic E-state index is 13.6. The highest BCUT2D eigenvalue weighted by Gasteiger charge is 2.16. The number of quaternary nitrogens is 1. The van der Waals surface area contributed by atoms with Crippen LogP contribution in [0.15, 0.2) is 36.4 Å². The van der Waals surface area contributed by atoms with Gasteiger partial charge in [0.2, 0.25) is 0 Å². The Kier molecular flexibility index (Phi) is 6.91. The van der Waals surface area contributed by atoms with Gasteiger partial charge in [0.25, 0.3) is 5.91 Å². The van der Waals surface area contributed by atoms with Crippen LogP contribution in [0.4, 0.5) is 14.5 Å². The van der Waals surface area contributed by atoms with Crippen molar-refractivity contribution < 1.29 is 27.9 Å². The first-order valence-corrected chi connectivity index (χ1v) is 8.29. The highest BCUT2D eigenvalue weighted by atomic mass is 19.1. The molecule has 1 unspecified atom stereocenters. The third kappa shape index (κ3) is 5.16. The number of methoxy groups -OCH3 is 1. The molecule has 1 amide bonds. The molecule has 0 aliphatic rings. The number of hydrogen-bond donors (Lipinski definition) is 2. The van der Waals surface area contributed by atoms with Crippen LogP contribution in [0.5, 0.6) is 11.5 Å². The predicted molar refractivity (Wildman–Crippen MR) is 94.6 cm³/mol. The molecule has 0 heterocycles. The Morgan fingerprint density at radius 2 is 1.85 bits per heavy atom. The standard InChI is InChI=1S/C19H22F2N2O3/c1-4-26-16-9-8-13(10-17(16)25-3)11-23(2)12-18(24)22-19-14(20)6-5-7-15(19)21/h5-10H,4,11-12H2,1-3H3,(H,22,24)/p+1. The molecule has 7 heteroatoms. The topological polar surface area (TPSA) is 52.0 Å². The Bertz CT molecular complexity index is 748. The third-order valence-corrected chi connectivity index (χ3v) is 3.72. The first-order valence-electron chi connectivity index (χ1n) is 8.29. The molecule has 0 aromatic heterocycles. The zero-order chi connectivity index (χ0) is 19.1. The molecule has 0 saturated heterocycles. The van der Waals surface area contributed by atoms with Gasteiger partial charge in [-0.1, -0.05) is 6.07 Å². The summed E-state index contributed by atoms with van der Waals surface area (Å²) in [6, 6.07) is 9.01. The van der Waals surface area contributed by atoms with E-state index < -0.39 is 23.2 Å². The SMILES string of the molecule is CCOc1ccc(C[NH+](C)CC(=O)Nc2c(F)cccc2F)cc1OC. The van der Waals surface area contributed by atoms with Crippen LogP contribution in [0.25, 0.3) is 0 Å². The fraction of sp³-hybridized carbons (Fsp3) is 0.316. The molecule has 0 saturated carbocycles. The van der Waals surface area contributed by atoms with Gasteiger partial charge in [-0.15, -0.1) is 0 Å². The lowest BCUT2D eigenvalue weighted by molar-refractivity contribution is -0.885. The van der Waals surface area contributed by atoms with Crippen molar-refractivity contribution in [3.05, 3.63) is 53.6 Å². The number of carbonyl (C=O) groups is 1. The number of halogens is 2. The molecule has 2 rings (SSSR count). The van der Waals surface area contributed by atoms with Crippen LogP contribution in [0.1, 0.15) is 12.5 Å². The number of ether oxygens (including phenoxy) is 2. The Morgan fingerprint density at radius 1 is 1.15 bits per heavy atom. The summed E-state index contributed by atoms with van der Waals surface area (Å²) in [5.74, 6) is -0.789. The molecule has 1 atom stereocenters. The largest absolute Gasteiger partial charge is 0.493 e. The molecular formula is C19H23F2N2O3+. The lowest BCUT2D eigenvalue weighted by Gasteiger charge is -2.16. The Morgan fingerprint density at radius 3 is 2.46 bits per heavy atom. The van der Waals surface area contributed by atoms with Crippen LogP contribution in [0.3, 0.4) is 0 Å². The molecule has 5 nitrogen and oxygen atoms in total. The van der Waals surface area contributed by atoms with E-state index >= 15 is 0 Å². The van der Waals surface area contributed by atoms with Crippen LogP contribution in [0.2, 0.25) is 0 Å². The summed E-state index contributed by atoms with van der Waals surface area (Å²) < 4.78 is 38.0. The molecule has 0 fully saturated rings. The van der Waals surface area contributed by atoms with E-state index in [2.05, 4.69) is 5.32 Å². The molecule has 0 radical (unpaired) electrons. The zero-order valence-corrected chi connectivity index (χ0v) is 15.1. The smallest absolute Gasteiger partial charge is 0.279 e. The second-order valence-electron chi connectivity index (χ2n) is 5.87. The van der Waals surface area contributed by atoms with Crippen molar-refractivity contribution in [2.45, 2.75) is 13.5 Å². The molecule has 2 N–H and O–H groups in total. The van der Waals surface area contributed by atoms with Crippen LogP contribution >= 0.6 is 0 Å². The fourth-order valence-electron chi connectivity index (χ4n) is 2.58. The second-order valence-corrected chi connectivity index (χ2v) is 5.87. The van der Waals surface area contributed by atoms with Crippen molar-refractivity contribution in [1.29, 1.82) is 0 Å². The van der Waals surface area contributed by atoms with Crippen molar-refractivity contribution in [1.82, 2.24) is 0 Å². The minimum atomic E-state index is -0.799. The lowest BCUT2D eigenvalue weighted by Crippen LogP contribution is -3.08. The monoisotopic (exact) mass is 365 g/mol. The number of nitrogens with one attached hydrogen (secondary N) is 2. The van der Waals surface area contributed by atoms with Gasteiger partial charge in [-0.05, 0) is 37.3 Å². The summed E-state index contributed by atoms with van der Waals surface area (Å²) in [7, 11) is 3.38. The highest BCUT2D eigenvalue weighted by Crippen LogP contribution is 2.27. The van der Waals surface area contributed by atoms with Gasteiger partial charge in [0.05, 0.1) is 20.8 Å². The average Bonchev–Trinajstić information content (AvgIpc) is 2.59. The van der Waals surface area contributed by atoms with Crippen LogP contribution < -0.4 is 19.7 Å².